The Kier molecular flexibility index (Phi) is 4.53. The van der Waals surface area contributed by atoms with Crippen molar-refractivity contribution in [2.75, 3.05) is 0 Å². The van der Waals surface area contributed by atoms with E-state index in [1.807, 2.05) is 24.3 Å². The van der Waals surface area contributed by atoms with E-state index in [9.17, 15) is 4.57 Å². The fourth-order valence-corrected chi connectivity index (χ4v) is 4.48. The summed E-state index contributed by atoms with van der Waals surface area (Å²) in [4.78, 5) is 0.705. The zero-order chi connectivity index (χ0) is 18.0. The van der Waals surface area contributed by atoms with Crippen molar-refractivity contribution in [2.45, 2.75) is 12.4 Å². The summed E-state index contributed by atoms with van der Waals surface area (Å²) in [5, 5.41) is 3.08. The third-order valence-corrected chi connectivity index (χ3v) is 5.95. The van der Waals surface area contributed by atoms with Gasteiger partial charge >= 0.3 is 7.60 Å². The van der Waals surface area contributed by atoms with E-state index in [4.69, 9.17) is 26.0 Å². The van der Waals surface area contributed by atoms with Crippen molar-refractivity contribution >= 4 is 24.7 Å². The second kappa shape index (κ2) is 6.98. The Morgan fingerprint density at radius 1 is 1.00 bits per heavy atom. The number of para-hydroxylation sites is 2. The molecule has 1 N–H and O–H groups in total. The van der Waals surface area contributed by atoms with Crippen molar-refractivity contribution in [3.8, 4) is 11.5 Å². The minimum absolute atomic E-state index is 0.431. The Bertz CT molecular complexity index is 882. The van der Waals surface area contributed by atoms with Gasteiger partial charge in [-0.15, -0.1) is 0 Å². The van der Waals surface area contributed by atoms with E-state index < -0.39 is 13.6 Å². The fraction of sp³-hybridized carbons (Fsp3) is 0.105. The van der Waals surface area contributed by atoms with Crippen LogP contribution in [0.1, 0.15) is 6.42 Å². The summed E-state index contributed by atoms with van der Waals surface area (Å²) in [6, 6.07) is 17.8. The molecule has 0 radical (unpaired) electrons. The van der Waals surface area contributed by atoms with Crippen molar-refractivity contribution in [1.82, 2.24) is 5.32 Å². The number of benzene rings is 2. The minimum Gasteiger partial charge on any atom is -0.454 e. The molecule has 0 saturated carbocycles. The lowest BCUT2D eigenvalue weighted by molar-refractivity contribution is 0.172. The first-order valence-electron chi connectivity index (χ1n) is 8.10. The fourth-order valence-electron chi connectivity index (χ4n) is 2.63. The molecule has 1 atom stereocenters. The van der Waals surface area contributed by atoms with Gasteiger partial charge in [0.25, 0.3) is 5.97 Å². The van der Waals surface area contributed by atoms with Crippen LogP contribution in [0, 0.1) is 0 Å². The molecule has 0 amide bonds. The van der Waals surface area contributed by atoms with Gasteiger partial charge in [-0.1, -0.05) is 54.7 Å². The molecule has 2 aromatic carbocycles. The van der Waals surface area contributed by atoms with Crippen LogP contribution < -0.4 is 14.4 Å². The highest BCUT2D eigenvalue weighted by atomic mass is 32.1. The first-order chi connectivity index (χ1) is 12.6. The van der Waals surface area contributed by atoms with Crippen molar-refractivity contribution < 1.29 is 18.3 Å². The van der Waals surface area contributed by atoms with E-state index in [0.717, 1.165) is 0 Å². The lowest BCUT2D eigenvalue weighted by atomic mass is 10.1. The Hall–Kier alpha value is -2.56. The second-order valence-corrected chi connectivity index (χ2v) is 8.14. The average molecular weight is 385 g/mol. The van der Waals surface area contributed by atoms with Crippen molar-refractivity contribution in [3.05, 3.63) is 84.3 Å². The molecule has 26 heavy (non-hydrogen) atoms. The Morgan fingerprint density at radius 3 is 2.12 bits per heavy atom. The molecule has 4 rings (SSSR count). The molecule has 1 unspecified atom stereocenters. The van der Waals surface area contributed by atoms with Crippen LogP contribution in [-0.4, -0.2) is 10.8 Å². The number of hydrogen-bond acceptors (Lipinski definition) is 6. The molecule has 2 aromatic rings. The molecule has 1 aliphatic heterocycles. The standard InChI is InChI=1S/C19H16NO4PS/c21-25(23-14-8-3-1-4-9-14,24-15-10-5-2-6-11-15)19-20-18-16(22-19)12-7-13-17(18)26/h1-12,19-20H,13H2. The third-order valence-electron chi connectivity index (χ3n) is 3.84. The van der Waals surface area contributed by atoms with Crippen LogP contribution in [0.5, 0.6) is 11.5 Å². The van der Waals surface area contributed by atoms with E-state index in [1.165, 1.54) is 0 Å². The monoisotopic (exact) mass is 385 g/mol. The van der Waals surface area contributed by atoms with Gasteiger partial charge < -0.3 is 19.1 Å². The number of thiocarbonyl (C=S) groups is 1. The van der Waals surface area contributed by atoms with E-state index in [1.54, 1.807) is 48.5 Å². The van der Waals surface area contributed by atoms with Gasteiger partial charge in [0.05, 0.1) is 5.70 Å². The maximum atomic E-state index is 13.7. The SMILES string of the molecule is O=P(Oc1ccccc1)(Oc1ccccc1)C1NC2=C(C=CCC2=S)O1. The largest absolute Gasteiger partial charge is 0.492 e. The zero-order valence-electron chi connectivity index (χ0n) is 13.7. The summed E-state index contributed by atoms with van der Waals surface area (Å²) in [6.45, 7) is 0. The van der Waals surface area contributed by atoms with Crippen molar-refractivity contribution in [1.29, 1.82) is 0 Å². The first kappa shape index (κ1) is 16.9. The van der Waals surface area contributed by atoms with Gasteiger partial charge in [-0.3, -0.25) is 0 Å². The summed E-state index contributed by atoms with van der Waals surface area (Å²) in [7, 11) is -3.78. The van der Waals surface area contributed by atoms with Crippen LogP contribution in [0.4, 0.5) is 0 Å². The number of allylic oxidation sites excluding steroid dienone is 3. The molecule has 0 fully saturated rings. The van der Waals surface area contributed by atoms with Gasteiger partial charge in [-0.25, -0.2) is 4.57 Å². The number of ether oxygens (including phenoxy) is 1. The Balaban J connectivity index is 1.64. The summed E-state index contributed by atoms with van der Waals surface area (Å²) < 4.78 is 31.1. The normalized spacial score (nSPS) is 18.8. The Labute approximate surface area is 156 Å². The predicted octanol–water partition coefficient (Wildman–Crippen LogP) is 4.78. The van der Waals surface area contributed by atoms with Crippen molar-refractivity contribution in [3.63, 3.8) is 0 Å². The van der Waals surface area contributed by atoms with Gasteiger partial charge in [-0.05, 0) is 30.3 Å². The second-order valence-electron chi connectivity index (χ2n) is 5.73. The van der Waals surface area contributed by atoms with Crippen LogP contribution in [0.25, 0.3) is 0 Å². The van der Waals surface area contributed by atoms with E-state index >= 15 is 0 Å². The smallest absolute Gasteiger partial charge is 0.454 e. The van der Waals surface area contributed by atoms with Crippen LogP contribution in [0.3, 0.4) is 0 Å². The third kappa shape index (κ3) is 3.39. The first-order valence-corrected chi connectivity index (χ1v) is 10.1. The minimum atomic E-state index is -3.78. The maximum absolute atomic E-state index is 13.7. The average Bonchev–Trinajstić information content (AvgIpc) is 3.10. The molecule has 1 heterocycles. The van der Waals surface area contributed by atoms with Crippen LogP contribution in [0.15, 0.2) is 84.3 Å². The highest BCUT2D eigenvalue weighted by Gasteiger charge is 2.46. The quantitative estimate of drug-likeness (QED) is 0.590. The molecular formula is C19H16NO4PS. The number of hydrogen-bond donors (Lipinski definition) is 1. The van der Waals surface area contributed by atoms with Gasteiger partial charge in [-0.2, -0.15) is 0 Å². The summed E-state index contributed by atoms with van der Waals surface area (Å²) in [5.41, 5.74) is 0.668. The molecule has 7 heteroatoms. The van der Waals surface area contributed by atoms with Crippen LogP contribution in [0.2, 0.25) is 0 Å². The molecule has 0 saturated heterocycles. The zero-order valence-corrected chi connectivity index (χ0v) is 15.4. The van der Waals surface area contributed by atoms with E-state index in [0.29, 0.717) is 34.2 Å². The molecule has 132 valence electrons. The van der Waals surface area contributed by atoms with E-state index in [-0.39, 0.29) is 0 Å². The molecule has 1 aliphatic carbocycles. The highest BCUT2D eigenvalue weighted by molar-refractivity contribution is 7.80. The number of rotatable bonds is 5. The molecular weight excluding hydrogens is 369 g/mol. The lowest BCUT2D eigenvalue weighted by Gasteiger charge is -2.25. The summed E-state index contributed by atoms with van der Waals surface area (Å²) in [5.74, 6) is 0.425. The maximum Gasteiger partial charge on any atom is 0.492 e. The Morgan fingerprint density at radius 2 is 1.58 bits per heavy atom. The van der Waals surface area contributed by atoms with Gasteiger partial charge in [0, 0.05) is 11.3 Å². The molecule has 0 aromatic heterocycles. The lowest BCUT2D eigenvalue weighted by Crippen LogP contribution is -2.30. The summed E-state index contributed by atoms with van der Waals surface area (Å²) in [6.07, 6.45) is 4.36. The van der Waals surface area contributed by atoms with Gasteiger partial charge in [0.15, 0.2) is 0 Å². The number of nitrogens with one attached hydrogen (secondary N) is 1. The van der Waals surface area contributed by atoms with Crippen molar-refractivity contribution in [2.24, 2.45) is 0 Å². The highest BCUT2D eigenvalue weighted by Crippen LogP contribution is 2.54. The molecule has 2 aliphatic rings. The van der Waals surface area contributed by atoms with Gasteiger partial charge in [0.2, 0.25) is 0 Å². The van der Waals surface area contributed by atoms with Crippen LogP contribution >= 0.6 is 19.8 Å². The predicted molar refractivity (Wildman–Crippen MR) is 103 cm³/mol. The molecule has 0 spiro atoms. The molecule has 0 bridgehead atoms. The summed E-state index contributed by atoms with van der Waals surface area (Å²) >= 11 is 5.36. The molecule has 5 nitrogen and oxygen atoms in total. The van der Waals surface area contributed by atoms with E-state index in [2.05, 4.69) is 5.32 Å². The topological polar surface area (TPSA) is 56.8 Å². The van der Waals surface area contributed by atoms with Crippen LogP contribution in [-0.2, 0) is 9.30 Å². The van der Waals surface area contributed by atoms with Gasteiger partial charge in [0.1, 0.15) is 17.3 Å².